The van der Waals surface area contributed by atoms with Gasteiger partial charge in [-0.1, -0.05) is 29.3 Å². The molecule has 0 spiro atoms. The average molecular weight is 625 g/mol. The first-order chi connectivity index (χ1) is 21.0. The van der Waals surface area contributed by atoms with Crippen LogP contribution in [0.3, 0.4) is 0 Å². The number of methoxy groups -OCH3 is 1. The highest BCUT2D eigenvalue weighted by atomic mass is 35.5. The van der Waals surface area contributed by atoms with Gasteiger partial charge in [-0.25, -0.2) is 0 Å². The molecule has 230 valence electrons. The van der Waals surface area contributed by atoms with Gasteiger partial charge in [-0.3, -0.25) is 14.6 Å². The molecule has 9 heteroatoms. The summed E-state index contributed by atoms with van der Waals surface area (Å²) in [6.45, 7) is 10.4. The van der Waals surface area contributed by atoms with E-state index in [1.807, 2.05) is 12.1 Å². The Bertz CT molecular complexity index is 1300. The van der Waals surface area contributed by atoms with Crippen molar-refractivity contribution in [1.29, 1.82) is 0 Å². The quantitative estimate of drug-likeness (QED) is 0.228. The summed E-state index contributed by atoms with van der Waals surface area (Å²) in [4.78, 5) is 18.1. The van der Waals surface area contributed by atoms with Crippen LogP contribution in [-0.2, 0) is 22.6 Å². The van der Waals surface area contributed by atoms with Gasteiger partial charge >= 0.3 is 0 Å². The zero-order valence-electron chi connectivity index (χ0n) is 25.0. The van der Waals surface area contributed by atoms with Gasteiger partial charge in [-0.15, -0.1) is 0 Å². The first kappa shape index (κ1) is 31.6. The molecule has 0 bridgehead atoms. The Morgan fingerprint density at radius 3 is 2.19 bits per heavy atom. The van der Waals surface area contributed by atoms with Crippen molar-refractivity contribution in [2.24, 2.45) is 5.92 Å². The van der Waals surface area contributed by atoms with Gasteiger partial charge < -0.3 is 20.3 Å². The van der Waals surface area contributed by atoms with E-state index in [4.69, 9.17) is 27.9 Å². The van der Waals surface area contributed by atoms with Crippen LogP contribution >= 0.6 is 23.2 Å². The number of ether oxygens (including phenoxy) is 1. The highest BCUT2D eigenvalue weighted by molar-refractivity contribution is 6.35. The molecule has 0 aromatic heterocycles. The molecule has 2 N–H and O–H groups in total. The number of carbonyl (C=O) groups is 1. The number of nitrogens with one attached hydrogen (secondary N) is 2. The molecule has 2 heterocycles. The second-order valence-corrected chi connectivity index (χ2v) is 12.5. The molecule has 43 heavy (non-hydrogen) atoms. The lowest BCUT2D eigenvalue weighted by Gasteiger charge is -2.36. The maximum absolute atomic E-state index is 10.7. The Morgan fingerprint density at radius 2 is 1.51 bits per heavy atom. The summed E-state index contributed by atoms with van der Waals surface area (Å²) in [7, 11) is 1.76. The maximum atomic E-state index is 10.7. The van der Waals surface area contributed by atoms with Crippen LogP contribution < -0.4 is 15.5 Å². The van der Waals surface area contributed by atoms with Crippen molar-refractivity contribution in [2.75, 3.05) is 76.3 Å². The average Bonchev–Trinajstić information content (AvgIpc) is 3.02. The topological polar surface area (TPSA) is 60.1 Å². The number of likely N-dealkylation sites (tertiary alicyclic amines) is 1. The minimum absolute atomic E-state index is 0.554. The van der Waals surface area contributed by atoms with Crippen molar-refractivity contribution < 1.29 is 9.53 Å². The zero-order chi connectivity index (χ0) is 30.0. The lowest BCUT2D eigenvalue weighted by atomic mass is 9.95. The molecule has 2 saturated heterocycles. The Kier molecular flexibility index (Phi) is 11.6. The monoisotopic (exact) mass is 623 g/mol. The van der Waals surface area contributed by atoms with E-state index in [-0.39, 0.29) is 0 Å². The predicted octanol–water partition coefficient (Wildman–Crippen LogP) is 6.00. The summed E-state index contributed by atoms with van der Waals surface area (Å²) < 4.78 is 5.23. The van der Waals surface area contributed by atoms with Crippen LogP contribution in [0.1, 0.15) is 24.0 Å². The fourth-order valence-electron chi connectivity index (χ4n) is 6.11. The number of nitrogens with zero attached hydrogens (tertiary/aromatic N) is 3. The first-order valence-electron chi connectivity index (χ1n) is 15.3. The Morgan fingerprint density at radius 1 is 0.837 bits per heavy atom. The third kappa shape index (κ3) is 9.34. The summed E-state index contributed by atoms with van der Waals surface area (Å²) in [5, 5.41) is 7.75. The fraction of sp³-hybridized carbons (Fsp3) is 0.441. The molecule has 0 aliphatic carbocycles. The Labute approximate surface area is 266 Å². The number of benzene rings is 3. The SMILES string of the molecule is COCCN1CCN(c2ccc(NCc3cc(CN4CCC(CNC=O)CC4)cc(-c4cc(Cl)cc(Cl)c4)c3)cc2)CC1. The summed E-state index contributed by atoms with van der Waals surface area (Å²) in [5.74, 6) is 0.554. The van der Waals surface area contributed by atoms with Crippen LogP contribution in [0.15, 0.2) is 60.7 Å². The van der Waals surface area contributed by atoms with E-state index in [0.29, 0.717) is 22.5 Å². The second-order valence-electron chi connectivity index (χ2n) is 11.7. The van der Waals surface area contributed by atoms with Crippen LogP contribution in [0.2, 0.25) is 10.0 Å². The molecule has 2 aliphatic rings. The zero-order valence-corrected chi connectivity index (χ0v) is 26.5. The number of carbonyl (C=O) groups excluding carboxylic acids is 1. The molecule has 0 atom stereocenters. The normalized spacial score (nSPS) is 16.8. The molecule has 0 saturated carbocycles. The van der Waals surface area contributed by atoms with Crippen molar-refractivity contribution in [3.63, 3.8) is 0 Å². The highest BCUT2D eigenvalue weighted by Crippen LogP contribution is 2.30. The van der Waals surface area contributed by atoms with Crippen LogP contribution in [0.25, 0.3) is 11.1 Å². The van der Waals surface area contributed by atoms with Crippen molar-refractivity contribution in [1.82, 2.24) is 15.1 Å². The van der Waals surface area contributed by atoms with Crippen LogP contribution in [0.5, 0.6) is 0 Å². The molecule has 3 aromatic carbocycles. The molecule has 2 fully saturated rings. The number of piperidine rings is 1. The van der Waals surface area contributed by atoms with E-state index in [1.54, 1.807) is 13.2 Å². The molecule has 3 aromatic rings. The van der Waals surface area contributed by atoms with Crippen LogP contribution in [0.4, 0.5) is 11.4 Å². The van der Waals surface area contributed by atoms with E-state index < -0.39 is 0 Å². The van der Waals surface area contributed by atoms with Gasteiger partial charge in [0.15, 0.2) is 0 Å². The lowest BCUT2D eigenvalue weighted by Crippen LogP contribution is -2.47. The molecule has 2 aliphatic heterocycles. The summed E-state index contributed by atoms with van der Waals surface area (Å²) in [6, 6.07) is 21.3. The Hall–Kier alpha value is -2.81. The third-order valence-corrected chi connectivity index (χ3v) is 9.00. The molecule has 5 rings (SSSR count). The lowest BCUT2D eigenvalue weighted by molar-refractivity contribution is -0.109. The fourth-order valence-corrected chi connectivity index (χ4v) is 6.64. The molecule has 0 unspecified atom stereocenters. The molecule has 1 amide bonds. The standard InChI is InChI=1S/C34H43Cl2N5O2/c1-43-15-14-39-10-12-41(13-11-39)34-4-2-33(3-5-34)38-23-27-16-28(24-40-8-6-26(7-9-40)22-37-25-42)18-29(17-27)30-19-31(35)21-32(36)20-30/h2-5,16-21,25-26,38H,6-15,22-24H2,1H3,(H,37,42). The summed E-state index contributed by atoms with van der Waals surface area (Å²) >= 11 is 12.8. The van der Waals surface area contributed by atoms with Crippen molar-refractivity contribution in [3.05, 3.63) is 81.8 Å². The molecular formula is C34H43Cl2N5O2. The van der Waals surface area contributed by atoms with E-state index in [2.05, 4.69) is 67.8 Å². The van der Waals surface area contributed by atoms with E-state index >= 15 is 0 Å². The maximum Gasteiger partial charge on any atom is 0.207 e. The number of hydrogen-bond acceptors (Lipinski definition) is 6. The van der Waals surface area contributed by atoms with Gasteiger partial charge in [0.1, 0.15) is 0 Å². The smallest absolute Gasteiger partial charge is 0.207 e. The molecule has 7 nitrogen and oxygen atoms in total. The van der Waals surface area contributed by atoms with Gasteiger partial charge in [-0.2, -0.15) is 0 Å². The number of anilines is 2. The summed E-state index contributed by atoms with van der Waals surface area (Å²) in [6.07, 6.45) is 2.99. The highest BCUT2D eigenvalue weighted by Gasteiger charge is 2.20. The van der Waals surface area contributed by atoms with Gasteiger partial charge in [0, 0.05) is 80.9 Å². The minimum Gasteiger partial charge on any atom is -0.383 e. The molecule has 0 radical (unpaired) electrons. The van der Waals surface area contributed by atoms with Gasteiger partial charge in [0.2, 0.25) is 6.41 Å². The van der Waals surface area contributed by atoms with E-state index in [1.165, 1.54) is 16.8 Å². The summed E-state index contributed by atoms with van der Waals surface area (Å²) in [5.41, 5.74) is 6.99. The van der Waals surface area contributed by atoms with Crippen molar-refractivity contribution in [3.8, 4) is 11.1 Å². The van der Waals surface area contributed by atoms with Gasteiger partial charge in [0.25, 0.3) is 0 Å². The number of amides is 1. The van der Waals surface area contributed by atoms with Crippen LogP contribution in [-0.4, -0.2) is 82.3 Å². The first-order valence-corrected chi connectivity index (χ1v) is 16.0. The van der Waals surface area contributed by atoms with Gasteiger partial charge in [-0.05, 0) is 109 Å². The largest absolute Gasteiger partial charge is 0.383 e. The van der Waals surface area contributed by atoms with Crippen molar-refractivity contribution >= 4 is 41.0 Å². The van der Waals surface area contributed by atoms with Crippen molar-refractivity contribution in [2.45, 2.75) is 25.9 Å². The number of hydrogen-bond donors (Lipinski definition) is 2. The van der Waals surface area contributed by atoms with Crippen LogP contribution in [0, 0.1) is 5.92 Å². The number of halogens is 2. The third-order valence-electron chi connectivity index (χ3n) is 8.56. The van der Waals surface area contributed by atoms with E-state index in [0.717, 1.165) is 102 Å². The van der Waals surface area contributed by atoms with Gasteiger partial charge in [0.05, 0.1) is 6.61 Å². The van der Waals surface area contributed by atoms with E-state index in [9.17, 15) is 4.79 Å². The molecular weight excluding hydrogens is 581 g/mol. The number of piperazine rings is 1. The Balaban J connectivity index is 1.24. The number of rotatable bonds is 13. The minimum atomic E-state index is 0.554. The second kappa shape index (κ2) is 15.8. The predicted molar refractivity (Wildman–Crippen MR) is 178 cm³/mol.